The van der Waals surface area contributed by atoms with Crippen LogP contribution in [-0.2, 0) is 14.3 Å². The number of hydrogen-bond donors (Lipinski definition) is 3. The summed E-state index contributed by atoms with van der Waals surface area (Å²) in [5, 5.41) is 7.56. The highest BCUT2D eigenvalue weighted by molar-refractivity contribution is 7.13. The Balaban J connectivity index is 1.95. The molecule has 9 heteroatoms. The number of carbonyl (C=O) groups is 3. The summed E-state index contributed by atoms with van der Waals surface area (Å²) < 4.78 is 4.51. The minimum Gasteiger partial charge on any atom is -0.439 e. The zero-order valence-corrected chi connectivity index (χ0v) is 12.3. The lowest BCUT2D eigenvalue weighted by molar-refractivity contribution is -0.120. The third-order valence-corrected chi connectivity index (χ3v) is 3.06. The molecule has 0 atom stereocenters. The van der Waals surface area contributed by atoms with E-state index in [0.717, 1.165) is 19.3 Å². The molecular weight excluding hydrogens is 296 g/mol. The number of nitrogens with one attached hydrogen (secondary N) is 2. The van der Waals surface area contributed by atoms with E-state index in [1.165, 1.54) is 11.3 Å². The standard InChI is InChI=1S/C12H18N4O4S/c13-9(17)8-20-12(19)15-5-3-1-2-4-10(18)16-11-14-6-7-21-11/h6-7H,1-5,8H2,(H2,13,17)(H,15,19)(H,14,16,18). The minimum absolute atomic E-state index is 0.0706. The molecule has 0 saturated heterocycles. The highest BCUT2D eigenvalue weighted by atomic mass is 32.1. The summed E-state index contributed by atoms with van der Waals surface area (Å²) in [5.74, 6) is -0.768. The van der Waals surface area contributed by atoms with Crippen molar-refractivity contribution >= 4 is 34.4 Å². The van der Waals surface area contributed by atoms with E-state index >= 15 is 0 Å². The van der Waals surface area contributed by atoms with Gasteiger partial charge in [0.2, 0.25) is 5.91 Å². The number of nitrogens with two attached hydrogens (primary N) is 1. The molecule has 21 heavy (non-hydrogen) atoms. The number of alkyl carbamates (subject to hydrolysis) is 1. The summed E-state index contributed by atoms with van der Waals surface area (Å²) in [6, 6.07) is 0. The summed E-state index contributed by atoms with van der Waals surface area (Å²) >= 11 is 1.37. The van der Waals surface area contributed by atoms with Gasteiger partial charge >= 0.3 is 6.09 Å². The third kappa shape index (κ3) is 8.58. The quantitative estimate of drug-likeness (QED) is 0.583. The number of rotatable bonds is 9. The lowest BCUT2D eigenvalue weighted by Crippen LogP contribution is -2.29. The number of nitrogens with zero attached hydrogens (tertiary/aromatic N) is 1. The minimum atomic E-state index is -0.698. The largest absolute Gasteiger partial charge is 0.439 e. The van der Waals surface area contributed by atoms with Gasteiger partial charge in [-0.15, -0.1) is 11.3 Å². The Bertz CT molecular complexity index is 464. The Hall–Kier alpha value is -2.16. The molecule has 1 aromatic heterocycles. The van der Waals surface area contributed by atoms with E-state index in [9.17, 15) is 14.4 Å². The fourth-order valence-corrected chi connectivity index (χ4v) is 1.98. The number of aromatic nitrogens is 1. The first kappa shape index (κ1) is 16.9. The van der Waals surface area contributed by atoms with Crippen LogP contribution in [-0.4, -0.2) is 36.0 Å². The molecule has 0 aliphatic rings. The Labute approximate surface area is 126 Å². The predicted octanol–water partition coefficient (Wildman–Crippen LogP) is 0.853. The Kier molecular flexibility index (Phi) is 7.80. The van der Waals surface area contributed by atoms with Crippen molar-refractivity contribution in [1.29, 1.82) is 0 Å². The van der Waals surface area contributed by atoms with Gasteiger partial charge in [0.1, 0.15) is 0 Å². The monoisotopic (exact) mass is 314 g/mol. The maximum absolute atomic E-state index is 11.5. The molecule has 8 nitrogen and oxygen atoms in total. The topological polar surface area (TPSA) is 123 Å². The molecule has 0 bridgehead atoms. The first-order chi connectivity index (χ1) is 10.1. The fourth-order valence-electron chi connectivity index (χ4n) is 1.43. The summed E-state index contributed by atoms with van der Waals surface area (Å²) in [5.41, 5.74) is 4.83. The van der Waals surface area contributed by atoms with Crippen molar-refractivity contribution in [2.45, 2.75) is 25.7 Å². The van der Waals surface area contributed by atoms with Crippen LogP contribution in [0.1, 0.15) is 25.7 Å². The number of thiazole rings is 1. The second kappa shape index (κ2) is 9.70. The van der Waals surface area contributed by atoms with Gasteiger partial charge in [-0.2, -0.15) is 0 Å². The van der Waals surface area contributed by atoms with Crippen molar-refractivity contribution in [2.24, 2.45) is 5.73 Å². The molecule has 0 unspecified atom stereocenters. The second-order valence-electron chi connectivity index (χ2n) is 4.17. The molecule has 4 N–H and O–H groups in total. The molecule has 0 aliphatic carbocycles. The molecule has 116 valence electrons. The van der Waals surface area contributed by atoms with Crippen molar-refractivity contribution in [3.8, 4) is 0 Å². The Morgan fingerprint density at radius 1 is 1.29 bits per heavy atom. The average Bonchev–Trinajstić information content (AvgIpc) is 2.93. The van der Waals surface area contributed by atoms with Gasteiger partial charge in [-0.1, -0.05) is 6.42 Å². The van der Waals surface area contributed by atoms with Crippen molar-refractivity contribution in [3.05, 3.63) is 11.6 Å². The third-order valence-electron chi connectivity index (χ3n) is 2.37. The van der Waals surface area contributed by atoms with E-state index in [-0.39, 0.29) is 5.91 Å². The van der Waals surface area contributed by atoms with Crippen LogP contribution in [0.25, 0.3) is 0 Å². The molecule has 0 saturated carbocycles. The molecule has 1 heterocycles. The van der Waals surface area contributed by atoms with Gasteiger partial charge in [0, 0.05) is 24.5 Å². The molecule has 0 aliphatic heterocycles. The van der Waals surface area contributed by atoms with Crippen LogP contribution in [0.4, 0.5) is 9.93 Å². The van der Waals surface area contributed by atoms with E-state index in [4.69, 9.17) is 5.73 Å². The van der Waals surface area contributed by atoms with Crippen molar-refractivity contribution in [2.75, 3.05) is 18.5 Å². The number of ether oxygens (including phenoxy) is 1. The molecular formula is C12H18N4O4S. The van der Waals surface area contributed by atoms with Crippen LogP contribution < -0.4 is 16.4 Å². The molecule has 0 aromatic carbocycles. The smallest absolute Gasteiger partial charge is 0.407 e. The van der Waals surface area contributed by atoms with Gasteiger partial charge in [0.25, 0.3) is 5.91 Å². The highest BCUT2D eigenvalue weighted by Crippen LogP contribution is 2.11. The van der Waals surface area contributed by atoms with Crippen molar-refractivity contribution in [3.63, 3.8) is 0 Å². The van der Waals surface area contributed by atoms with E-state index in [2.05, 4.69) is 20.4 Å². The maximum Gasteiger partial charge on any atom is 0.407 e. The van der Waals surface area contributed by atoms with Gasteiger partial charge in [0.05, 0.1) is 0 Å². The highest BCUT2D eigenvalue weighted by Gasteiger charge is 2.05. The van der Waals surface area contributed by atoms with E-state index in [1.807, 2.05) is 0 Å². The van der Waals surface area contributed by atoms with Crippen molar-refractivity contribution in [1.82, 2.24) is 10.3 Å². The van der Waals surface area contributed by atoms with Crippen LogP contribution in [0.15, 0.2) is 11.6 Å². The maximum atomic E-state index is 11.5. The second-order valence-corrected chi connectivity index (χ2v) is 5.06. The van der Waals surface area contributed by atoms with Crippen LogP contribution >= 0.6 is 11.3 Å². The molecule has 3 amide bonds. The summed E-state index contributed by atoms with van der Waals surface area (Å²) in [6.07, 6.45) is 3.59. The van der Waals surface area contributed by atoms with Crippen LogP contribution in [0.3, 0.4) is 0 Å². The lowest BCUT2D eigenvalue weighted by Gasteiger charge is -2.05. The first-order valence-corrected chi connectivity index (χ1v) is 7.34. The van der Waals surface area contributed by atoms with Gasteiger partial charge < -0.3 is 21.1 Å². The average molecular weight is 314 g/mol. The molecule has 0 radical (unpaired) electrons. The Morgan fingerprint density at radius 2 is 2.10 bits per heavy atom. The van der Waals surface area contributed by atoms with Gasteiger partial charge in [-0.25, -0.2) is 9.78 Å². The number of anilines is 1. The van der Waals surface area contributed by atoms with E-state index < -0.39 is 18.6 Å². The fraction of sp³-hybridized carbons (Fsp3) is 0.500. The molecule has 1 rings (SSSR count). The van der Waals surface area contributed by atoms with E-state index in [0.29, 0.717) is 18.1 Å². The van der Waals surface area contributed by atoms with Crippen LogP contribution in [0, 0.1) is 0 Å². The number of primary amides is 1. The van der Waals surface area contributed by atoms with Crippen LogP contribution in [0.2, 0.25) is 0 Å². The molecule has 1 aromatic rings. The summed E-state index contributed by atoms with van der Waals surface area (Å²) in [7, 11) is 0. The van der Waals surface area contributed by atoms with E-state index in [1.54, 1.807) is 11.6 Å². The molecule has 0 spiro atoms. The van der Waals surface area contributed by atoms with Gasteiger partial charge in [0.15, 0.2) is 11.7 Å². The first-order valence-electron chi connectivity index (χ1n) is 6.46. The molecule has 0 fully saturated rings. The number of carbonyl (C=O) groups excluding carboxylic acids is 3. The van der Waals surface area contributed by atoms with Crippen LogP contribution in [0.5, 0.6) is 0 Å². The number of amides is 3. The van der Waals surface area contributed by atoms with Gasteiger partial charge in [-0.05, 0) is 12.8 Å². The normalized spacial score (nSPS) is 9.90. The number of hydrogen-bond acceptors (Lipinski definition) is 6. The van der Waals surface area contributed by atoms with Gasteiger partial charge in [-0.3, -0.25) is 9.59 Å². The predicted molar refractivity (Wildman–Crippen MR) is 77.8 cm³/mol. The van der Waals surface area contributed by atoms with Crippen molar-refractivity contribution < 1.29 is 19.1 Å². The zero-order chi connectivity index (χ0) is 15.5. The number of unbranched alkanes of at least 4 members (excludes halogenated alkanes) is 2. The Morgan fingerprint density at radius 3 is 2.76 bits per heavy atom. The lowest BCUT2D eigenvalue weighted by atomic mass is 10.2. The summed E-state index contributed by atoms with van der Waals surface area (Å²) in [6.45, 7) is -0.00550. The zero-order valence-electron chi connectivity index (χ0n) is 11.5. The SMILES string of the molecule is NC(=O)COC(=O)NCCCCCC(=O)Nc1nccs1. The summed E-state index contributed by atoms with van der Waals surface area (Å²) in [4.78, 5) is 36.9.